The van der Waals surface area contributed by atoms with E-state index in [2.05, 4.69) is 5.32 Å². The maximum atomic E-state index is 11.9. The molecule has 0 aromatic heterocycles. The summed E-state index contributed by atoms with van der Waals surface area (Å²) in [6.07, 6.45) is 6.21. The Labute approximate surface area is 107 Å². The monoisotopic (exact) mass is 248 g/mol. The van der Waals surface area contributed by atoms with E-state index < -0.39 is 0 Å². The zero-order chi connectivity index (χ0) is 13.0. The Bertz CT molecular complexity index is 426. The lowest BCUT2D eigenvalue weighted by atomic mass is 10.0. The normalized spacial score (nSPS) is 15.8. The molecular weight excluding hydrogens is 228 g/mol. The van der Waals surface area contributed by atoms with Crippen LogP contribution in [0.1, 0.15) is 42.5 Å². The number of rotatable bonds is 4. The molecule has 4 N–H and O–H groups in total. The lowest BCUT2D eigenvalue weighted by Gasteiger charge is -2.11. The number of carbonyl (C=O) groups excluding carboxylic acids is 1. The zero-order valence-corrected chi connectivity index (χ0v) is 10.5. The number of para-hydroxylation sites is 1. The van der Waals surface area contributed by atoms with E-state index in [0.29, 0.717) is 6.54 Å². The SMILES string of the molecule is Nc1cccc(C(=O)NCCC2CCCC2)c1O. The van der Waals surface area contributed by atoms with Gasteiger partial charge in [-0.05, 0) is 24.5 Å². The van der Waals surface area contributed by atoms with Gasteiger partial charge in [-0.15, -0.1) is 0 Å². The molecule has 0 aliphatic heterocycles. The standard InChI is InChI=1S/C14H20N2O2/c15-12-7-3-6-11(13(12)17)14(18)16-9-8-10-4-1-2-5-10/h3,6-7,10,17H,1-2,4-5,8-9,15H2,(H,16,18). The number of amides is 1. The fraction of sp³-hybridized carbons (Fsp3) is 0.500. The molecular formula is C14H20N2O2. The second-order valence-corrected chi connectivity index (χ2v) is 4.94. The van der Waals surface area contributed by atoms with Crippen molar-refractivity contribution in [3.8, 4) is 5.75 Å². The van der Waals surface area contributed by atoms with Crippen LogP contribution in [-0.2, 0) is 0 Å². The predicted octanol–water partition coefficient (Wildman–Crippen LogP) is 2.28. The van der Waals surface area contributed by atoms with E-state index in [9.17, 15) is 9.90 Å². The highest BCUT2D eigenvalue weighted by atomic mass is 16.3. The summed E-state index contributed by atoms with van der Waals surface area (Å²) in [7, 11) is 0. The van der Waals surface area contributed by atoms with Crippen LogP contribution in [0.2, 0.25) is 0 Å². The fourth-order valence-electron chi connectivity index (χ4n) is 2.53. The number of nitrogens with one attached hydrogen (secondary N) is 1. The molecule has 0 unspecified atom stereocenters. The molecule has 1 aliphatic carbocycles. The fourth-order valence-corrected chi connectivity index (χ4v) is 2.53. The molecule has 0 atom stereocenters. The maximum absolute atomic E-state index is 11.9. The van der Waals surface area contributed by atoms with Crippen LogP contribution in [0.15, 0.2) is 18.2 Å². The first-order valence-corrected chi connectivity index (χ1v) is 6.54. The topological polar surface area (TPSA) is 75.4 Å². The smallest absolute Gasteiger partial charge is 0.255 e. The van der Waals surface area contributed by atoms with Gasteiger partial charge in [0.2, 0.25) is 0 Å². The van der Waals surface area contributed by atoms with Crippen molar-refractivity contribution in [2.24, 2.45) is 5.92 Å². The van der Waals surface area contributed by atoms with E-state index in [1.54, 1.807) is 18.2 Å². The first-order chi connectivity index (χ1) is 8.68. The summed E-state index contributed by atoms with van der Waals surface area (Å²) >= 11 is 0. The van der Waals surface area contributed by atoms with E-state index in [0.717, 1.165) is 12.3 Å². The van der Waals surface area contributed by atoms with Gasteiger partial charge in [-0.1, -0.05) is 31.7 Å². The highest BCUT2D eigenvalue weighted by molar-refractivity contribution is 5.98. The molecule has 4 heteroatoms. The Morgan fingerprint density at radius 3 is 2.83 bits per heavy atom. The molecule has 0 heterocycles. The summed E-state index contributed by atoms with van der Waals surface area (Å²) in [6.45, 7) is 0.664. The van der Waals surface area contributed by atoms with Crippen molar-refractivity contribution < 1.29 is 9.90 Å². The maximum Gasteiger partial charge on any atom is 0.255 e. The van der Waals surface area contributed by atoms with Crippen LogP contribution in [0.4, 0.5) is 5.69 Å². The van der Waals surface area contributed by atoms with Crippen molar-refractivity contribution in [1.82, 2.24) is 5.32 Å². The first kappa shape index (κ1) is 12.7. The van der Waals surface area contributed by atoms with Crippen LogP contribution in [-0.4, -0.2) is 17.6 Å². The van der Waals surface area contributed by atoms with Gasteiger partial charge < -0.3 is 16.2 Å². The molecule has 1 aliphatic rings. The lowest BCUT2D eigenvalue weighted by Crippen LogP contribution is -2.25. The predicted molar refractivity (Wildman–Crippen MR) is 71.4 cm³/mol. The largest absolute Gasteiger partial charge is 0.505 e. The van der Waals surface area contributed by atoms with Crippen molar-refractivity contribution in [2.45, 2.75) is 32.1 Å². The number of nitrogen functional groups attached to an aromatic ring is 1. The third-order valence-corrected chi connectivity index (χ3v) is 3.62. The molecule has 98 valence electrons. The van der Waals surface area contributed by atoms with Gasteiger partial charge in [0.25, 0.3) is 5.91 Å². The molecule has 2 rings (SSSR count). The molecule has 1 aromatic carbocycles. The quantitative estimate of drug-likeness (QED) is 0.565. The van der Waals surface area contributed by atoms with Gasteiger partial charge in [0, 0.05) is 6.54 Å². The Balaban J connectivity index is 1.85. The Kier molecular flexibility index (Phi) is 4.07. The number of nitrogens with two attached hydrogens (primary N) is 1. The van der Waals surface area contributed by atoms with E-state index >= 15 is 0 Å². The highest BCUT2D eigenvalue weighted by Crippen LogP contribution is 2.27. The molecule has 1 saturated carbocycles. The zero-order valence-electron chi connectivity index (χ0n) is 10.5. The Morgan fingerprint density at radius 2 is 2.11 bits per heavy atom. The van der Waals surface area contributed by atoms with Crippen molar-refractivity contribution in [1.29, 1.82) is 0 Å². The summed E-state index contributed by atoms with van der Waals surface area (Å²) in [5.74, 6) is 0.369. The average Bonchev–Trinajstić information content (AvgIpc) is 2.85. The second-order valence-electron chi connectivity index (χ2n) is 4.94. The van der Waals surface area contributed by atoms with Gasteiger partial charge in [-0.25, -0.2) is 0 Å². The van der Waals surface area contributed by atoms with Crippen LogP contribution in [0.3, 0.4) is 0 Å². The molecule has 1 amide bonds. The molecule has 18 heavy (non-hydrogen) atoms. The van der Waals surface area contributed by atoms with Crippen molar-refractivity contribution in [3.05, 3.63) is 23.8 Å². The third kappa shape index (κ3) is 2.94. The highest BCUT2D eigenvalue weighted by Gasteiger charge is 2.16. The van der Waals surface area contributed by atoms with Crippen LogP contribution in [0.5, 0.6) is 5.75 Å². The molecule has 0 saturated heterocycles. The summed E-state index contributed by atoms with van der Waals surface area (Å²) < 4.78 is 0. The average molecular weight is 248 g/mol. The summed E-state index contributed by atoms with van der Waals surface area (Å²) in [6, 6.07) is 4.82. The minimum Gasteiger partial charge on any atom is -0.505 e. The second kappa shape index (κ2) is 5.76. The number of aromatic hydroxyl groups is 1. The van der Waals surface area contributed by atoms with E-state index in [4.69, 9.17) is 5.73 Å². The Morgan fingerprint density at radius 1 is 1.39 bits per heavy atom. The van der Waals surface area contributed by atoms with Gasteiger partial charge in [-0.2, -0.15) is 0 Å². The van der Waals surface area contributed by atoms with Crippen LogP contribution < -0.4 is 11.1 Å². The number of carbonyl (C=O) groups is 1. The van der Waals surface area contributed by atoms with E-state index in [-0.39, 0.29) is 22.9 Å². The number of hydrogen-bond donors (Lipinski definition) is 3. The van der Waals surface area contributed by atoms with Gasteiger partial charge in [0.1, 0.15) is 0 Å². The van der Waals surface area contributed by atoms with Crippen molar-refractivity contribution in [2.75, 3.05) is 12.3 Å². The summed E-state index contributed by atoms with van der Waals surface area (Å²) in [4.78, 5) is 11.9. The minimum atomic E-state index is -0.252. The Hall–Kier alpha value is -1.71. The first-order valence-electron chi connectivity index (χ1n) is 6.54. The van der Waals surface area contributed by atoms with Crippen LogP contribution in [0.25, 0.3) is 0 Å². The van der Waals surface area contributed by atoms with Gasteiger partial charge in [-0.3, -0.25) is 4.79 Å². The van der Waals surface area contributed by atoms with Gasteiger partial charge >= 0.3 is 0 Å². The van der Waals surface area contributed by atoms with E-state index in [1.807, 2.05) is 0 Å². The molecule has 0 spiro atoms. The number of phenols is 1. The van der Waals surface area contributed by atoms with Crippen molar-refractivity contribution >= 4 is 11.6 Å². The number of hydrogen-bond acceptors (Lipinski definition) is 3. The van der Waals surface area contributed by atoms with Crippen molar-refractivity contribution in [3.63, 3.8) is 0 Å². The molecule has 1 fully saturated rings. The van der Waals surface area contributed by atoms with Gasteiger partial charge in [0.15, 0.2) is 5.75 Å². The molecule has 1 aromatic rings. The van der Waals surface area contributed by atoms with Crippen LogP contribution >= 0.6 is 0 Å². The van der Waals surface area contributed by atoms with E-state index in [1.165, 1.54) is 25.7 Å². The third-order valence-electron chi connectivity index (χ3n) is 3.62. The number of benzene rings is 1. The number of phenolic OH excluding ortho intramolecular Hbond substituents is 1. The number of anilines is 1. The summed E-state index contributed by atoms with van der Waals surface area (Å²) in [5, 5.41) is 12.5. The minimum absolute atomic E-state index is 0.129. The summed E-state index contributed by atoms with van der Waals surface area (Å²) in [5.41, 5.74) is 6.04. The van der Waals surface area contributed by atoms with Crippen LogP contribution in [0, 0.1) is 5.92 Å². The lowest BCUT2D eigenvalue weighted by molar-refractivity contribution is 0.0949. The molecule has 4 nitrogen and oxygen atoms in total. The molecule has 0 bridgehead atoms. The molecule has 0 radical (unpaired) electrons. The van der Waals surface area contributed by atoms with Gasteiger partial charge in [0.05, 0.1) is 11.3 Å².